The Bertz CT molecular complexity index is 325. The Morgan fingerprint density at radius 2 is 2.12 bits per heavy atom. The second kappa shape index (κ2) is 4.98. The molecule has 0 spiro atoms. The maximum atomic E-state index is 10.3. The van der Waals surface area contributed by atoms with Gasteiger partial charge in [0, 0.05) is 13.1 Å². The molecule has 88 valence electrons. The lowest BCUT2D eigenvalue weighted by molar-refractivity contribution is 0.0440. The van der Waals surface area contributed by atoms with E-state index in [0.717, 1.165) is 25.8 Å². The summed E-state index contributed by atoms with van der Waals surface area (Å²) in [5.41, 5.74) is 0.811. The monoisotopic (exact) mass is 219 g/mol. The third kappa shape index (κ3) is 3.06. The molecule has 1 aromatic carbocycles. The highest BCUT2D eigenvalue weighted by Crippen LogP contribution is 2.33. The lowest BCUT2D eigenvalue weighted by Crippen LogP contribution is -2.38. The van der Waals surface area contributed by atoms with Gasteiger partial charge in [-0.1, -0.05) is 37.3 Å². The Balaban J connectivity index is 1.76. The van der Waals surface area contributed by atoms with Gasteiger partial charge in [0.05, 0.1) is 5.60 Å². The van der Waals surface area contributed by atoms with Crippen molar-refractivity contribution in [3.8, 4) is 0 Å². The molecule has 0 bridgehead atoms. The normalized spacial score (nSPS) is 29.5. The summed E-state index contributed by atoms with van der Waals surface area (Å²) in [4.78, 5) is 0. The van der Waals surface area contributed by atoms with E-state index in [1.54, 1.807) is 0 Å². The van der Waals surface area contributed by atoms with E-state index < -0.39 is 5.60 Å². The van der Waals surface area contributed by atoms with E-state index >= 15 is 0 Å². The summed E-state index contributed by atoms with van der Waals surface area (Å²) in [5, 5.41) is 13.6. The fourth-order valence-electron chi connectivity index (χ4n) is 2.56. The first-order chi connectivity index (χ1) is 7.68. The quantitative estimate of drug-likeness (QED) is 0.814. The maximum absolute atomic E-state index is 10.3. The van der Waals surface area contributed by atoms with Gasteiger partial charge in [-0.05, 0) is 30.7 Å². The first-order valence-electron chi connectivity index (χ1n) is 6.15. The minimum atomic E-state index is -0.464. The number of benzene rings is 1. The van der Waals surface area contributed by atoms with E-state index in [0.29, 0.717) is 12.5 Å². The molecule has 16 heavy (non-hydrogen) atoms. The molecular weight excluding hydrogens is 198 g/mol. The number of hydrogen-bond acceptors (Lipinski definition) is 2. The van der Waals surface area contributed by atoms with Crippen LogP contribution in [0.1, 0.15) is 31.7 Å². The molecule has 0 heterocycles. The standard InChI is InChI=1S/C14H21NO/c1-12-7-8-14(16,9-12)11-15-10-13-5-3-2-4-6-13/h2-6,12,15-16H,7-11H2,1H3/t12-,14+/m0/s1. The molecule has 0 amide bonds. The molecule has 2 N–H and O–H groups in total. The van der Waals surface area contributed by atoms with Gasteiger partial charge in [0.1, 0.15) is 0 Å². The van der Waals surface area contributed by atoms with Crippen molar-refractivity contribution in [2.45, 2.75) is 38.3 Å². The molecular formula is C14H21NO. The van der Waals surface area contributed by atoms with Crippen LogP contribution in [0.25, 0.3) is 0 Å². The van der Waals surface area contributed by atoms with Crippen molar-refractivity contribution in [3.63, 3.8) is 0 Å². The van der Waals surface area contributed by atoms with Gasteiger partial charge in [0.2, 0.25) is 0 Å². The van der Waals surface area contributed by atoms with Gasteiger partial charge in [-0.2, -0.15) is 0 Å². The SMILES string of the molecule is C[C@H]1CC[C@](O)(CNCc2ccccc2)C1. The minimum absolute atomic E-state index is 0.464. The summed E-state index contributed by atoms with van der Waals surface area (Å²) >= 11 is 0. The predicted molar refractivity (Wildman–Crippen MR) is 66.1 cm³/mol. The molecule has 1 aliphatic carbocycles. The molecule has 1 fully saturated rings. The van der Waals surface area contributed by atoms with Crippen LogP contribution in [0.3, 0.4) is 0 Å². The lowest BCUT2D eigenvalue weighted by atomic mass is 10.0. The van der Waals surface area contributed by atoms with Crippen molar-refractivity contribution in [2.24, 2.45) is 5.92 Å². The van der Waals surface area contributed by atoms with Crippen LogP contribution in [0.5, 0.6) is 0 Å². The Hall–Kier alpha value is -0.860. The predicted octanol–water partition coefficient (Wildman–Crippen LogP) is 2.33. The van der Waals surface area contributed by atoms with Crippen molar-refractivity contribution in [3.05, 3.63) is 35.9 Å². The van der Waals surface area contributed by atoms with E-state index in [-0.39, 0.29) is 0 Å². The number of rotatable bonds is 4. The highest BCUT2D eigenvalue weighted by atomic mass is 16.3. The van der Waals surface area contributed by atoms with Crippen molar-refractivity contribution in [1.82, 2.24) is 5.32 Å². The minimum Gasteiger partial charge on any atom is -0.389 e. The first kappa shape index (κ1) is 11.6. The lowest BCUT2D eigenvalue weighted by Gasteiger charge is -2.23. The van der Waals surface area contributed by atoms with Crippen molar-refractivity contribution in [1.29, 1.82) is 0 Å². The zero-order chi connectivity index (χ0) is 11.4. The molecule has 2 heteroatoms. The number of hydrogen-bond donors (Lipinski definition) is 2. The van der Waals surface area contributed by atoms with E-state index in [1.165, 1.54) is 5.56 Å². The molecule has 0 radical (unpaired) electrons. The van der Waals surface area contributed by atoms with Crippen LogP contribution in [0.2, 0.25) is 0 Å². The molecule has 0 aliphatic heterocycles. The second-order valence-electron chi connectivity index (χ2n) is 5.16. The molecule has 1 saturated carbocycles. The Labute approximate surface area is 97.7 Å². The van der Waals surface area contributed by atoms with Gasteiger partial charge in [0.25, 0.3) is 0 Å². The molecule has 2 rings (SSSR count). The highest BCUT2D eigenvalue weighted by Gasteiger charge is 2.34. The Kier molecular flexibility index (Phi) is 3.62. The van der Waals surface area contributed by atoms with E-state index in [4.69, 9.17) is 0 Å². The molecule has 0 saturated heterocycles. The third-order valence-electron chi connectivity index (χ3n) is 3.46. The van der Waals surface area contributed by atoms with E-state index in [1.807, 2.05) is 18.2 Å². The van der Waals surface area contributed by atoms with Gasteiger partial charge in [0.15, 0.2) is 0 Å². The van der Waals surface area contributed by atoms with Gasteiger partial charge in [-0.25, -0.2) is 0 Å². The highest BCUT2D eigenvalue weighted by molar-refractivity contribution is 5.14. The van der Waals surface area contributed by atoms with Gasteiger partial charge >= 0.3 is 0 Å². The van der Waals surface area contributed by atoms with Gasteiger partial charge in [-0.15, -0.1) is 0 Å². The van der Waals surface area contributed by atoms with Crippen LogP contribution in [-0.2, 0) is 6.54 Å². The van der Waals surface area contributed by atoms with E-state index in [9.17, 15) is 5.11 Å². The van der Waals surface area contributed by atoms with Crippen LogP contribution in [0.15, 0.2) is 30.3 Å². The molecule has 0 unspecified atom stereocenters. The fourth-order valence-corrected chi connectivity index (χ4v) is 2.56. The Morgan fingerprint density at radius 3 is 2.75 bits per heavy atom. The summed E-state index contributed by atoms with van der Waals surface area (Å²) in [6.07, 6.45) is 3.04. The van der Waals surface area contributed by atoms with Crippen LogP contribution in [-0.4, -0.2) is 17.3 Å². The van der Waals surface area contributed by atoms with Crippen molar-refractivity contribution >= 4 is 0 Å². The number of nitrogens with one attached hydrogen (secondary N) is 1. The molecule has 0 aromatic heterocycles. The summed E-state index contributed by atoms with van der Waals surface area (Å²) < 4.78 is 0. The van der Waals surface area contributed by atoms with Crippen LogP contribution >= 0.6 is 0 Å². The smallest absolute Gasteiger partial charge is 0.0774 e. The summed E-state index contributed by atoms with van der Waals surface area (Å²) in [6, 6.07) is 10.3. The largest absolute Gasteiger partial charge is 0.389 e. The Morgan fingerprint density at radius 1 is 1.38 bits per heavy atom. The molecule has 2 atom stereocenters. The van der Waals surface area contributed by atoms with Crippen LogP contribution in [0, 0.1) is 5.92 Å². The van der Waals surface area contributed by atoms with Crippen molar-refractivity contribution in [2.75, 3.05) is 6.54 Å². The summed E-state index contributed by atoms with van der Waals surface area (Å²) in [5.74, 6) is 0.670. The second-order valence-corrected chi connectivity index (χ2v) is 5.16. The van der Waals surface area contributed by atoms with Gasteiger partial charge in [-0.3, -0.25) is 0 Å². The summed E-state index contributed by atoms with van der Waals surface area (Å²) in [7, 11) is 0. The fraction of sp³-hybridized carbons (Fsp3) is 0.571. The average molecular weight is 219 g/mol. The summed E-state index contributed by atoms with van der Waals surface area (Å²) in [6.45, 7) is 3.78. The van der Waals surface area contributed by atoms with Crippen LogP contribution < -0.4 is 5.32 Å². The van der Waals surface area contributed by atoms with Gasteiger partial charge < -0.3 is 10.4 Å². The topological polar surface area (TPSA) is 32.3 Å². The molecule has 1 aliphatic rings. The van der Waals surface area contributed by atoms with E-state index in [2.05, 4.69) is 24.4 Å². The third-order valence-corrected chi connectivity index (χ3v) is 3.46. The van der Waals surface area contributed by atoms with Crippen LogP contribution in [0.4, 0.5) is 0 Å². The van der Waals surface area contributed by atoms with Crippen molar-refractivity contribution < 1.29 is 5.11 Å². The number of aliphatic hydroxyl groups is 1. The first-order valence-corrected chi connectivity index (χ1v) is 6.15. The average Bonchev–Trinajstić information content (AvgIpc) is 2.60. The zero-order valence-corrected chi connectivity index (χ0v) is 9.95. The maximum Gasteiger partial charge on any atom is 0.0774 e. The molecule has 1 aromatic rings. The molecule has 2 nitrogen and oxygen atoms in total. The zero-order valence-electron chi connectivity index (χ0n) is 9.95.